The predicted octanol–water partition coefficient (Wildman–Crippen LogP) is 0.0437. The van der Waals surface area contributed by atoms with E-state index in [2.05, 4.69) is 10.3 Å². The zero-order chi connectivity index (χ0) is 10.7. The fourth-order valence-corrected chi connectivity index (χ4v) is 1.36. The molecule has 7 heteroatoms. The van der Waals surface area contributed by atoms with Crippen molar-refractivity contribution in [2.75, 3.05) is 5.32 Å². The molecule has 0 aliphatic carbocycles. The molecule has 0 unspecified atom stereocenters. The van der Waals surface area contributed by atoms with Gasteiger partial charge < -0.3 is 10.4 Å². The third kappa shape index (κ3) is 2.36. The number of rotatable bonds is 3. The minimum Gasteiger partial charge on any atom is -0.475 e. The van der Waals surface area contributed by atoms with Crippen LogP contribution in [-0.4, -0.2) is 27.8 Å². The number of ketones is 1. The first-order chi connectivity index (χ1) is 6.50. The van der Waals surface area contributed by atoms with E-state index in [1.54, 1.807) is 6.92 Å². The summed E-state index contributed by atoms with van der Waals surface area (Å²) in [5.41, 5.74) is 0. The Morgan fingerprint density at radius 3 is 2.57 bits per heavy atom. The Bertz CT molecular complexity index is 398. The summed E-state index contributed by atoms with van der Waals surface area (Å²) in [4.78, 5) is 35.5. The first-order valence-electron chi connectivity index (χ1n) is 3.51. The fraction of sp³-hybridized carbons (Fsp3) is 0.143. The largest absolute Gasteiger partial charge is 0.475 e. The smallest absolute Gasteiger partial charge is 0.382 e. The first kappa shape index (κ1) is 10.3. The van der Waals surface area contributed by atoms with Gasteiger partial charge in [-0.15, -0.1) is 11.3 Å². The van der Waals surface area contributed by atoms with Gasteiger partial charge in [-0.25, -0.2) is 9.78 Å². The van der Waals surface area contributed by atoms with Crippen molar-refractivity contribution in [3.8, 4) is 0 Å². The van der Waals surface area contributed by atoms with Gasteiger partial charge in [0.2, 0.25) is 0 Å². The molecule has 0 bridgehead atoms. The van der Waals surface area contributed by atoms with E-state index < -0.39 is 17.7 Å². The summed E-state index contributed by atoms with van der Waals surface area (Å²) in [5, 5.41) is 11.4. The van der Waals surface area contributed by atoms with Crippen LogP contribution in [0.25, 0.3) is 0 Å². The highest BCUT2D eigenvalue weighted by Crippen LogP contribution is 2.16. The van der Waals surface area contributed by atoms with Crippen LogP contribution in [0, 0.1) is 6.92 Å². The summed E-state index contributed by atoms with van der Waals surface area (Å²) < 4.78 is 0. The van der Waals surface area contributed by atoms with Gasteiger partial charge in [-0.05, 0) is 6.92 Å². The number of aromatic nitrogens is 1. The Hall–Kier alpha value is -1.76. The third-order valence-electron chi connectivity index (χ3n) is 1.26. The molecule has 0 aliphatic rings. The van der Waals surface area contributed by atoms with Crippen LogP contribution in [0.4, 0.5) is 5.00 Å². The fourth-order valence-electron chi connectivity index (χ4n) is 0.685. The molecular weight excluding hydrogens is 208 g/mol. The minimum absolute atomic E-state index is 0.349. The molecule has 1 aromatic rings. The van der Waals surface area contributed by atoms with Crippen LogP contribution in [0.5, 0.6) is 0 Å². The van der Waals surface area contributed by atoms with Crippen molar-refractivity contribution in [2.45, 2.75) is 6.92 Å². The van der Waals surface area contributed by atoms with Crippen LogP contribution in [0.2, 0.25) is 0 Å². The standard InChI is InChI=1S/C7H6N2O4S/c1-3-8-2-4(14-3)9-6(11)5(10)7(12)13/h2H,1H3,(H,9,11)(H,12,13). The van der Waals surface area contributed by atoms with Gasteiger partial charge >= 0.3 is 17.7 Å². The summed E-state index contributed by atoms with van der Waals surface area (Å²) in [6, 6.07) is 0. The number of nitrogens with one attached hydrogen (secondary N) is 1. The Kier molecular flexibility index (Phi) is 2.92. The van der Waals surface area contributed by atoms with Gasteiger partial charge in [0.15, 0.2) is 0 Å². The first-order valence-corrected chi connectivity index (χ1v) is 4.33. The number of nitrogens with zero attached hydrogens (tertiary/aromatic N) is 1. The highest BCUT2D eigenvalue weighted by atomic mass is 32.1. The molecule has 6 nitrogen and oxygen atoms in total. The maximum Gasteiger partial charge on any atom is 0.382 e. The topological polar surface area (TPSA) is 96.4 Å². The van der Waals surface area contributed by atoms with Gasteiger partial charge in [0.1, 0.15) is 5.00 Å². The summed E-state index contributed by atoms with van der Waals surface area (Å²) >= 11 is 1.16. The lowest BCUT2D eigenvalue weighted by Crippen LogP contribution is -2.29. The summed E-state index contributed by atoms with van der Waals surface area (Å²) in [7, 11) is 0. The quantitative estimate of drug-likeness (QED) is 0.547. The van der Waals surface area contributed by atoms with Crippen LogP contribution in [-0.2, 0) is 14.4 Å². The van der Waals surface area contributed by atoms with Gasteiger partial charge in [0.05, 0.1) is 11.2 Å². The van der Waals surface area contributed by atoms with Gasteiger partial charge in [0.25, 0.3) is 0 Å². The van der Waals surface area contributed by atoms with Crippen LogP contribution >= 0.6 is 11.3 Å². The Balaban J connectivity index is 2.66. The van der Waals surface area contributed by atoms with E-state index in [1.807, 2.05) is 0 Å². The van der Waals surface area contributed by atoms with Crippen LogP contribution in [0.3, 0.4) is 0 Å². The molecule has 0 atom stereocenters. The highest BCUT2D eigenvalue weighted by Gasteiger charge is 2.22. The number of thiazole rings is 1. The number of aryl methyl sites for hydroxylation is 1. The Labute approximate surface area is 82.6 Å². The summed E-state index contributed by atoms with van der Waals surface area (Å²) in [5.74, 6) is -4.43. The van der Waals surface area contributed by atoms with E-state index in [9.17, 15) is 14.4 Å². The van der Waals surface area contributed by atoms with Crippen molar-refractivity contribution in [3.05, 3.63) is 11.2 Å². The molecule has 1 heterocycles. The van der Waals surface area contributed by atoms with Crippen molar-refractivity contribution in [2.24, 2.45) is 0 Å². The average Bonchev–Trinajstić information content (AvgIpc) is 2.49. The number of aliphatic carboxylic acids is 1. The Morgan fingerprint density at radius 1 is 1.50 bits per heavy atom. The number of carboxylic acid groups (broad SMARTS) is 1. The van der Waals surface area contributed by atoms with Crippen molar-refractivity contribution in [3.63, 3.8) is 0 Å². The van der Waals surface area contributed by atoms with E-state index in [0.29, 0.717) is 10.0 Å². The molecule has 0 aromatic carbocycles. The van der Waals surface area contributed by atoms with Crippen LogP contribution < -0.4 is 5.32 Å². The normalized spacial score (nSPS) is 9.50. The molecule has 0 fully saturated rings. The van der Waals surface area contributed by atoms with Gasteiger partial charge in [-0.2, -0.15) is 0 Å². The minimum atomic E-state index is -1.77. The lowest BCUT2D eigenvalue weighted by molar-refractivity contribution is -0.152. The third-order valence-corrected chi connectivity index (χ3v) is 2.09. The maximum absolute atomic E-state index is 10.9. The van der Waals surface area contributed by atoms with Crippen LogP contribution in [0.1, 0.15) is 5.01 Å². The molecule has 0 spiro atoms. The highest BCUT2D eigenvalue weighted by molar-refractivity contribution is 7.15. The summed E-state index contributed by atoms with van der Waals surface area (Å²) in [6.07, 6.45) is 1.35. The molecule has 2 N–H and O–H groups in total. The number of amides is 1. The number of Topliss-reactive ketones (excluding diaryl/α,β-unsaturated/α-hetero) is 1. The van der Waals surface area contributed by atoms with Gasteiger partial charge in [-0.1, -0.05) is 0 Å². The second-order valence-corrected chi connectivity index (χ2v) is 3.57. The second kappa shape index (κ2) is 3.97. The number of anilines is 1. The number of carboxylic acids is 1. The molecule has 0 aliphatic heterocycles. The molecule has 0 saturated heterocycles. The molecule has 1 amide bonds. The van der Waals surface area contributed by atoms with E-state index in [-0.39, 0.29) is 0 Å². The average molecular weight is 214 g/mol. The van der Waals surface area contributed by atoms with Gasteiger partial charge in [0, 0.05) is 0 Å². The molecule has 14 heavy (non-hydrogen) atoms. The van der Waals surface area contributed by atoms with E-state index in [1.165, 1.54) is 6.20 Å². The van der Waals surface area contributed by atoms with Crippen LogP contribution in [0.15, 0.2) is 6.20 Å². The number of hydrogen-bond acceptors (Lipinski definition) is 5. The zero-order valence-corrected chi connectivity index (χ0v) is 7.92. The maximum atomic E-state index is 10.9. The lowest BCUT2D eigenvalue weighted by Gasteiger charge is -1.95. The number of hydrogen-bond donors (Lipinski definition) is 2. The number of carbonyl (C=O) groups is 3. The second-order valence-electron chi connectivity index (χ2n) is 2.33. The monoisotopic (exact) mass is 214 g/mol. The van der Waals surface area contributed by atoms with Gasteiger partial charge in [-0.3, -0.25) is 9.59 Å². The van der Waals surface area contributed by atoms with Crippen molar-refractivity contribution in [1.82, 2.24) is 4.98 Å². The lowest BCUT2D eigenvalue weighted by atomic mass is 10.4. The van der Waals surface area contributed by atoms with Crippen molar-refractivity contribution < 1.29 is 19.5 Å². The molecule has 0 radical (unpaired) electrons. The SMILES string of the molecule is Cc1ncc(NC(=O)C(=O)C(=O)O)s1. The van der Waals surface area contributed by atoms with Crippen molar-refractivity contribution in [1.29, 1.82) is 0 Å². The number of carbonyl (C=O) groups excluding carboxylic acids is 2. The molecule has 74 valence electrons. The Morgan fingerprint density at radius 2 is 2.14 bits per heavy atom. The predicted molar refractivity (Wildman–Crippen MR) is 48.1 cm³/mol. The van der Waals surface area contributed by atoms with E-state index >= 15 is 0 Å². The molecule has 1 rings (SSSR count). The molecule has 1 aromatic heterocycles. The van der Waals surface area contributed by atoms with Crippen molar-refractivity contribution >= 4 is 34.0 Å². The molecule has 0 saturated carbocycles. The van der Waals surface area contributed by atoms with E-state index in [4.69, 9.17) is 5.11 Å². The zero-order valence-electron chi connectivity index (χ0n) is 7.10. The molecular formula is C7H6N2O4S. The van der Waals surface area contributed by atoms with E-state index in [0.717, 1.165) is 11.3 Å². The summed E-state index contributed by atoms with van der Waals surface area (Å²) in [6.45, 7) is 1.72.